The third-order valence-corrected chi connectivity index (χ3v) is 5.36. The van der Waals surface area contributed by atoms with E-state index in [1.807, 2.05) is 38.2 Å². The summed E-state index contributed by atoms with van der Waals surface area (Å²) >= 11 is 1.25. The Morgan fingerprint density at radius 2 is 1.84 bits per heavy atom. The van der Waals surface area contributed by atoms with Crippen LogP contribution in [0.2, 0.25) is 0 Å². The number of amides is 1. The molecule has 3 rings (SSSR count). The first kappa shape index (κ1) is 22.4. The lowest BCUT2D eigenvalue weighted by Gasteiger charge is -2.10. The van der Waals surface area contributed by atoms with Gasteiger partial charge in [-0.1, -0.05) is 41.6 Å². The Kier molecular flexibility index (Phi) is 7.66. The van der Waals surface area contributed by atoms with Gasteiger partial charge in [0.25, 0.3) is 0 Å². The Morgan fingerprint density at radius 1 is 1.10 bits per heavy atom. The highest BCUT2D eigenvalue weighted by molar-refractivity contribution is 7.99. The van der Waals surface area contributed by atoms with E-state index in [-0.39, 0.29) is 24.9 Å². The summed E-state index contributed by atoms with van der Waals surface area (Å²) in [6.07, 6.45) is 0. The Labute approximate surface area is 185 Å². The zero-order chi connectivity index (χ0) is 22.2. The number of aryl methyl sites for hydroxylation is 1. The molecule has 0 bridgehead atoms. The van der Waals surface area contributed by atoms with Crippen molar-refractivity contribution in [1.29, 1.82) is 0 Å². The molecule has 31 heavy (non-hydrogen) atoms. The fraction of sp³-hybridized carbons (Fsp3) is 0.273. The molecule has 0 aliphatic carbocycles. The van der Waals surface area contributed by atoms with Crippen LogP contribution in [0.1, 0.15) is 28.7 Å². The molecule has 8 nitrogen and oxygen atoms in total. The maximum atomic E-state index is 12.4. The standard InChI is InChI=1S/C22H24N4O4S/c1-4-29-21(28)17-7-5-6-8-18(17)23-20(27)14-31-22-25-24-19(26(22)3)13-30-16-11-9-15(2)10-12-16/h5-12H,4,13-14H2,1-3H3,(H,23,27). The molecule has 0 spiro atoms. The first-order valence-electron chi connectivity index (χ1n) is 9.74. The number of para-hydroxylation sites is 1. The van der Waals surface area contributed by atoms with Gasteiger partial charge >= 0.3 is 5.97 Å². The van der Waals surface area contributed by atoms with Crippen molar-refractivity contribution in [2.75, 3.05) is 17.7 Å². The number of hydrogen-bond acceptors (Lipinski definition) is 7. The van der Waals surface area contributed by atoms with Gasteiger partial charge in [-0.15, -0.1) is 10.2 Å². The summed E-state index contributed by atoms with van der Waals surface area (Å²) in [6.45, 7) is 4.28. The Morgan fingerprint density at radius 3 is 2.58 bits per heavy atom. The quantitative estimate of drug-likeness (QED) is 0.401. The molecule has 0 aliphatic heterocycles. The lowest BCUT2D eigenvalue weighted by Crippen LogP contribution is -2.17. The first-order valence-corrected chi connectivity index (χ1v) is 10.7. The molecular weight excluding hydrogens is 416 g/mol. The van der Waals surface area contributed by atoms with Crippen LogP contribution in [-0.2, 0) is 23.2 Å². The molecule has 0 fully saturated rings. The number of rotatable bonds is 9. The molecule has 0 saturated carbocycles. The average molecular weight is 441 g/mol. The minimum atomic E-state index is -0.474. The van der Waals surface area contributed by atoms with Crippen molar-refractivity contribution >= 4 is 29.3 Å². The number of nitrogens with one attached hydrogen (secondary N) is 1. The molecule has 0 saturated heterocycles. The lowest BCUT2D eigenvalue weighted by atomic mass is 10.2. The van der Waals surface area contributed by atoms with Crippen molar-refractivity contribution in [2.45, 2.75) is 25.6 Å². The van der Waals surface area contributed by atoms with E-state index in [9.17, 15) is 9.59 Å². The molecule has 0 radical (unpaired) electrons. The highest BCUT2D eigenvalue weighted by Crippen LogP contribution is 2.20. The van der Waals surface area contributed by atoms with E-state index in [1.165, 1.54) is 11.8 Å². The molecule has 162 valence electrons. The molecule has 0 unspecified atom stereocenters. The number of carbonyl (C=O) groups excluding carboxylic acids is 2. The van der Waals surface area contributed by atoms with E-state index in [0.717, 1.165) is 11.3 Å². The topological polar surface area (TPSA) is 95.3 Å². The molecule has 2 aromatic carbocycles. The van der Waals surface area contributed by atoms with Crippen LogP contribution in [-0.4, -0.2) is 39.0 Å². The van der Waals surface area contributed by atoms with Gasteiger partial charge in [0.05, 0.1) is 23.6 Å². The summed E-state index contributed by atoms with van der Waals surface area (Å²) in [5, 5.41) is 11.6. The van der Waals surface area contributed by atoms with Crippen molar-refractivity contribution < 1.29 is 19.1 Å². The van der Waals surface area contributed by atoms with Crippen molar-refractivity contribution in [3.05, 3.63) is 65.5 Å². The average Bonchev–Trinajstić information content (AvgIpc) is 3.12. The summed E-state index contributed by atoms with van der Waals surface area (Å²) in [4.78, 5) is 24.5. The largest absolute Gasteiger partial charge is 0.486 e. The van der Waals surface area contributed by atoms with Crippen molar-refractivity contribution in [1.82, 2.24) is 14.8 Å². The van der Waals surface area contributed by atoms with Crippen LogP contribution in [0.25, 0.3) is 0 Å². The van der Waals surface area contributed by atoms with Crippen molar-refractivity contribution in [3.63, 3.8) is 0 Å². The molecule has 1 heterocycles. The molecule has 9 heteroatoms. The number of carbonyl (C=O) groups is 2. The predicted octanol–water partition coefficient (Wildman–Crippen LogP) is 3.61. The minimum absolute atomic E-state index is 0.113. The predicted molar refractivity (Wildman–Crippen MR) is 118 cm³/mol. The number of benzene rings is 2. The Bertz CT molecular complexity index is 1050. The minimum Gasteiger partial charge on any atom is -0.486 e. The van der Waals surface area contributed by atoms with Gasteiger partial charge in [0.15, 0.2) is 11.0 Å². The molecule has 3 aromatic rings. The van der Waals surface area contributed by atoms with Gasteiger partial charge in [0, 0.05) is 7.05 Å². The summed E-state index contributed by atoms with van der Waals surface area (Å²) < 4.78 is 12.6. The van der Waals surface area contributed by atoms with E-state index < -0.39 is 5.97 Å². The fourth-order valence-electron chi connectivity index (χ4n) is 2.67. The van der Waals surface area contributed by atoms with Crippen molar-refractivity contribution in [3.8, 4) is 5.75 Å². The lowest BCUT2D eigenvalue weighted by molar-refractivity contribution is -0.113. The van der Waals surface area contributed by atoms with Crippen LogP contribution in [0, 0.1) is 6.92 Å². The van der Waals surface area contributed by atoms with E-state index in [4.69, 9.17) is 9.47 Å². The van der Waals surface area contributed by atoms with Gasteiger partial charge in [-0.25, -0.2) is 4.79 Å². The number of hydrogen-bond donors (Lipinski definition) is 1. The zero-order valence-corrected chi connectivity index (χ0v) is 18.4. The van der Waals surface area contributed by atoms with Gasteiger partial charge in [-0.3, -0.25) is 4.79 Å². The van der Waals surface area contributed by atoms with E-state index in [0.29, 0.717) is 22.2 Å². The molecule has 0 aliphatic rings. The van der Waals surface area contributed by atoms with Gasteiger partial charge < -0.3 is 19.4 Å². The number of ether oxygens (including phenoxy) is 2. The van der Waals surface area contributed by atoms with Gasteiger partial charge in [0.2, 0.25) is 5.91 Å². The molecule has 1 aromatic heterocycles. The number of aromatic nitrogens is 3. The first-order chi connectivity index (χ1) is 15.0. The van der Waals surface area contributed by atoms with Crippen molar-refractivity contribution in [2.24, 2.45) is 7.05 Å². The Hall–Kier alpha value is -3.33. The SMILES string of the molecule is CCOC(=O)c1ccccc1NC(=O)CSc1nnc(COc2ccc(C)cc2)n1C. The number of esters is 1. The normalized spacial score (nSPS) is 10.5. The van der Waals surface area contributed by atoms with Gasteiger partial charge in [-0.2, -0.15) is 0 Å². The van der Waals surface area contributed by atoms with Crippen LogP contribution < -0.4 is 10.1 Å². The molecular formula is C22H24N4O4S. The molecule has 1 amide bonds. The maximum Gasteiger partial charge on any atom is 0.340 e. The van der Waals surface area contributed by atoms with E-state index >= 15 is 0 Å². The van der Waals surface area contributed by atoms with Crippen LogP contribution in [0.15, 0.2) is 53.7 Å². The number of anilines is 1. The zero-order valence-electron chi connectivity index (χ0n) is 17.6. The van der Waals surface area contributed by atoms with Crippen LogP contribution in [0.4, 0.5) is 5.69 Å². The van der Waals surface area contributed by atoms with Crippen LogP contribution in [0.5, 0.6) is 5.75 Å². The maximum absolute atomic E-state index is 12.4. The molecule has 1 N–H and O–H groups in total. The second-order valence-electron chi connectivity index (χ2n) is 6.66. The van der Waals surface area contributed by atoms with Crippen LogP contribution >= 0.6 is 11.8 Å². The van der Waals surface area contributed by atoms with Crippen LogP contribution in [0.3, 0.4) is 0 Å². The number of nitrogens with zero attached hydrogens (tertiary/aromatic N) is 3. The monoisotopic (exact) mass is 440 g/mol. The second-order valence-corrected chi connectivity index (χ2v) is 7.60. The summed E-state index contributed by atoms with van der Waals surface area (Å²) in [7, 11) is 1.82. The number of thioether (sulfide) groups is 1. The second kappa shape index (κ2) is 10.6. The smallest absolute Gasteiger partial charge is 0.340 e. The summed E-state index contributed by atoms with van der Waals surface area (Å²) in [5.41, 5.74) is 1.89. The fourth-order valence-corrected chi connectivity index (χ4v) is 3.40. The Balaban J connectivity index is 1.55. The highest BCUT2D eigenvalue weighted by atomic mass is 32.2. The van der Waals surface area contributed by atoms with Gasteiger partial charge in [-0.05, 0) is 38.1 Å². The summed E-state index contributed by atoms with van der Waals surface area (Å²) in [6, 6.07) is 14.5. The van der Waals surface area contributed by atoms with E-state index in [1.54, 1.807) is 35.8 Å². The van der Waals surface area contributed by atoms with E-state index in [2.05, 4.69) is 15.5 Å². The third kappa shape index (κ3) is 6.08. The third-order valence-electron chi connectivity index (χ3n) is 4.34. The molecule has 0 atom stereocenters. The van der Waals surface area contributed by atoms with Gasteiger partial charge in [0.1, 0.15) is 12.4 Å². The summed E-state index contributed by atoms with van der Waals surface area (Å²) in [5.74, 6) is 0.778. The highest BCUT2D eigenvalue weighted by Gasteiger charge is 2.16.